The van der Waals surface area contributed by atoms with E-state index in [2.05, 4.69) is 10.6 Å². The summed E-state index contributed by atoms with van der Waals surface area (Å²) >= 11 is 1.24. The van der Waals surface area contributed by atoms with Crippen molar-refractivity contribution in [2.24, 2.45) is 11.5 Å². The number of hydrogen-bond acceptors (Lipinski definition) is 5. The second kappa shape index (κ2) is 8.44. The number of aliphatic hydroxyl groups excluding tert-OH is 1. The molecule has 0 unspecified atom stereocenters. The van der Waals surface area contributed by atoms with Crippen molar-refractivity contribution in [3.8, 4) is 10.4 Å². The summed E-state index contributed by atoms with van der Waals surface area (Å²) < 4.78 is 0. The Morgan fingerprint density at radius 2 is 1.88 bits per heavy atom. The lowest BCUT2D eigenvalue weighted by Gasteiger charge is -2.05. The first-order valence-electron chi connectivity index (χ1n) is 7.42. The summed E-state index contributed by atoms with van der Waals surface area (Å²) in [5, 5.41) is 14.7. The van der Waals surface area contributed by atoms with Gasteiger partial charge in [0.25, 0.3) is 5.91 Å². The second-order valence-electron chi connectivity index (χ2n) is 5.16. The van der Waals surface area contributed by atoms with Crippen molar-refractivity contribution < 1.29 is 14.7 Å². The summed E-state index contributed by atoms with van der Waals surface area (Å²) in [7, 11) is 0. The molecule has 0 bridgehead atoms. The van der Waals surface area contributed by atoms with Crippen LogP contribution in [0.2, 0.25) is 0 Å². The molecule has 0 radical (unpaired) electrons. The maximum atomic E-state index is 11.5. The molecule has 0 saturated carbocycles. The lowest BCUT2D eigenvalue weighted by atomic mass is 10.1. The van der Waals surface area contributed by atoms with Gasteiger partial charge in [-0.05, 0) is 30.2 Å². The Balaban J connectivity index is 2.13. The van der Waals surface area contributed by atoms with Crippen LogP contribution in [-0.2, 0) is 6.54 Å². The molecule has 0 aliphatic rings. The fraction of sp³-hybridized carbons (Fsp3) is 0.250. The van der Waals surface area contributed by atoms with Gasteiger partial charge in [0.1, 0.15) is 5.00 Å². The first-order chi connectivity index (χ1) is 11.5. The molecule has 0 atom stereocenters. The molecule has 1 aromatic heterocycles. The van der Waals surface area contributed by atoms with Crippen molar-refractivity contribution in [2.45, 2.75) is 13.0 Å². The number of nitrogens with one attached hydrogen (secondary N) is 2. The van der Waals surface area contributed by atoms with Crippen LogP contribution in [0.15, 0.2) is 30.3 Å². The first kappa shape index (κ1) is 17.9. The minimum atomic E-state index is -0.741. The lowest BCUT2D eigenvalue weighted by molar-refractivity contribution is 0.100. The summed E-state index contributed by atoms with van der Waals surface area (Å²) in [6.45, 7) is 1.65. The summed E-state index contributed by atoms with van der Waals surface area (Å²) in [6, 6.07) is 8.74. The van der Waals surface area contributed by atoms with Gasteiger partial charge in [-0.2, -0.15) is 0 Å². The molecule has 1 aromatic carbocycles. The molecule has 3 amide bonds. The molecule has 128 valence electrons. The number of primary amides is 2. The number of hydrogen-bond donors (Lipinski definition) is 5. The van der Waals surface area contributed by atoms with Gasteiger partial charge in [0.15, 0.2) is 0 Å². The summed E-state index contributed by atoms with van der Waals surface area (Å²) in [5.41, 5.74) is 12.7. The van der Waals surface area contributed by atoms with E-state index in [-0.39, 0.29) is 12.2 Å². The molecule has 1 heterocycles. The highest BCUT2D eigenvalue weighted by Gasteiger charge is 2.15. The zero-order valence-corrected chi connectivity index (χ0v) is 13.9. The Hall–Kier alpha value is -2.42. The van der Waals surface area contributed by atoms with Crippen molar-refractivity contribution >= 4 is 28.3 Å². The zero-order valence-electron chi connectivity index (χ0n) is 13.0. The number of urea groups is 1. The van der Waals surface area contributed by atoms with Crippen molar-refractivity contribution in [2.75, 3.05) is 18.5 Å². The number of aliphatic hydroxyl groups is 1. The number of nitrogens with two attached hydrogens (primary N) is 2. The minimum absolute atomic E-state index is 0.175. The van der Waals surface area contributed by atoms with E-state index in [1.807, 2.05) is 24.3 Å². The Morgan fingerprint density at radius 3 is 2.46 bits per heavy atom. The highest BCUT2D eigenvalue weighted by molar-refractivity contribution is 7.20. The first-order valence-corrected chi connectivity index (χ1v) is 8.24. The highest BCUT2D eigenvalue weighted by Crippen LogP contribution is 2.35. The number of benzene rings is 1. The topological polar surface area (TPSA) is 130 Å². The van der Waals surface area contributed by atoms with Crippen molar-refractivity contribution in [1.29, 1.82) is 0 Å². The Morgan fingerprint density at radius 1 is 1.17 bits per heavy atom. The third-order valence-corrected chi connectivity index (χ3v) is 4.41. The number of amides is 3. The Labute approximate surface area is 143 Å². The van der Waals surface area contributed by atoms with Gasteiger partial charge in [0, 0.05) is 18.0 Å². The second-order valence-corrected chi connectivity index (χ2v) is 6.21. The van der Waals surface area contributed by atoms with E-state index in [9.17, 15) is 9.59 Å². The van der Waals surface area contributed by atoms with Crippen LogP contribution in [0.25, 0.3) is 10.4 Å². The van der Waals surface area contributed by atoms with E-state index in [0.29, 0.717) is 11.5 Å². The molecule has 0 spiro atoms. The van der Waals surface area contributed by atoms with Crippen LogP contribution in [0.4, 0.5) is 9.80 Å². The van der Waals surface area contributed by atoms with Gasteiger partial charge in [-0.25, -0.2) is 4.79 Å². The summed E-state index contributed by atoms with van der Waals surface area (Å²) in [4.78, 5) is 23.3. The van der Waals surface area contributed by atoms with E-state index in [1.165, 1.54) is 11.3 Å². The fourth-order valence-electron chi connectivity index (χ4n) is 2.14. The van der Waals surface area contributed by atoms with Crippen molar-refractivity contribution in [3.05, 3.63) is 41.5 Å². The normalized spacial score (nSPS) is 10.5. The smallest absolute Gasteiger partial charge is 0.317 e. The number of carbonyl (C=O) groups is 2. The van der Waals surface area contributed by atoms with Gasteiger partial charge in [0.05, 0.1) is 5.56 Å². The zero-order chi connectivity index (χ0) is 17.5. The molecule has 24 heavy (non-hydrogen) atoms. The summed E-state index contributed by atoms with van der Waals surface area (Å²) in [5.74, 6) is -0.619. The maximum Gasteiger partial charge on any atom is 0.317 e. The van der Waals surface area contributed by atoms with Crippen LogP contribution in [-0.4, -0.2) is 30.2 Å². The van der Waals surface area contributed by atoms with Gasteiger partial charge in [-0.1, -0.05) is 24.3 Å². The van der Waals surface area contributed by atoms with Crippen LogP contribution in [0.5, 0.6) is 0 Å². The number of carbonyl (C=O) groups excluding carboxylic acids is 2. The van der Waals surface area contributed by atoms with Gasteiger partial charge in [-0.3, -0.25) is 10.1 Å². The number of anilines is 1. The average Bonchev–Trinajstić information content (AvgIpc) is 2.95. The predicted molar refractivity (Wildman–Crippen MR) is 94.9 cm³/mol. The largest absolute Gasteiger partial charge is 0.396 e. The van der Waals surface area contributed by atoms with Gasteiger partial charge < -0.3 is 21.9 Å². The highest BCUT2D eigenvalue weighted by atomic mass is 32.1. The van der Waals surface area contributed by atoms with Crippen molar-refractivity contribution in [1.82, 2.24) is 5.32 Å². The molecular formula is C16H20N4O3S. The van der Waals surface area contributed by atoms with E-state index in [4.69, 9.17) is 16.6 Å². The SMILES string of the molecule is NC(=O)Nc1sc(-c2ccc(CNCCCO)cc2)cc1C(N)=O. The molecule has 0 saturated heterocycles. The van der Waals surface area contributed by atoms with Gasteiger partial charge >= 0.3 is 6.03 Å². The third-order valence-electron chi connectivity index (χ3n) is 3.31. The van der Waals surface area contributed by atoms with E-state index in [0.717, 1.165) is 29.0 Å². The number of rotatable bonds is 8. The lowest BCUT2D eigenvalue weighted by Crippen LogP contribution is -2.21. The molecule has 7 N–H and O–H groups in total. The maximum absolute atomic E-state index is 11.5. The van der Waals surface area contributed by atoms with E-state index >= 15 is 0 Å². The van der Waals surface area contributed by atoms with Gasteiger partial charge in [-0.15, -0.1) is 11.3 Å². The minimum Gasteiger partial charge on any atom is -0.396 e. The third kappa shape index (κ3) is 4.79. The molecule has 0 aliphatic carbocycles. The molecule has 0 aliphatic heterocycles. The van der Waals surface area contributed by atoms with Crippen LogP contribution in [0.1, 0.15) is 22.3 Å². The Bertz CT molecular complexity index is 713. The molecule has 0 fully saturated rings. The van der Waals surface area contributed by atoms with Crippen LogP contribution < -0.4 is 22.1 Å². The Kier molecular flexibility index (Phi) is 6.30. The fourth-order valence-corrected chi connectivity index (χ4v) is 3.22. The molecule has 2 rings (SSSR count). The van der Waals surface area contributed by atoms with Crippen LogP contribution in [0, 0.1) is 0 Å². The van der Waals surface area contributed by atoms with E-state index < -0.39 is 11.9 Å². The quantitative estimate of drug-likeness (QED) is 0.462. The predicted octanol–water partition coefficient (Wildman–Crippen LogP) is 1.48. The number of thiophene rings is 1. The van der Waals surface area contributed by atoms with E-state index in [1.54, 1.807) is 6.07 Å². The van der Waals surface area contributed by atoms with Crippen LogP contribution >= 0.6 is 11.3 Å². The molecular weight excluding hydrogens is 328 g/mol. The molecule has 7 nitrogen and oxygen atoms in total. The monoisotopic (exact) mass is 348 g/mol. The average molecular weight is 348 g/mol. The van der Waals surface area contributed by atoms with Gasteiger partial charge in [0.2, 0.25) is 0 Å². The molecule has 8 heteroatoms. The summed E-state index contributed by atoms with van der Waals surface area (Å²) in [6.07, 6.45) is 0.721. The van der Waals surface area contributed by atoms with Crippen LogP contribution in [0.3, 0.4) is 0 Å². The standard InChI is InChI=1S/C16H20N4O3S/c17-14(22)12-8-13(24-15(12)20-16(18)23)11-4-2-10(3-5-11)9-19-6-1-7-21/h2-5,8,19,21H,1,6-7,9H2,(H2,17,22)(H3,18,20,23). The molecule has 2 aromatic rings. The van der Waals surface area contributed by atoms with Crippen molar-refractivity contribution in [3.63, 3.8) is 0 Å².